The minimum atomic E-state index is -4.03. The molecule has 0 fully saturated rings. The summed E-state index contributed by atoms with van der Waals surface area (Å²) in [6.45, 7) is 3.06. The Morgan fingerprint density at radius 1 is 1.28 bits per heavy atom. The minimum Gasteiger partial charge on any atom is -0.481 e. The van der Waals surface area contributed by atoms with Crippen LogP contribution in [0.25, 0.3) is 0 Å². The molecule has 10 heteroatoms. The molecular weight excluding hydrogens is 348 g/mol. The number of carboxylic acid groups (broad SMARTS) is 1. The maximum absolute atomic E-state index is 12.4. The summed E-state index contributed by atoms with van der Waals surface area (Å²) in [4.78, 5) is 19.2. The van der Waals surface area contributed by atoms with Crippen molar-refractivity contribution >= 4 is 21.9 Å². The minimum absolute atomic E-state index is 0.183. The van der Waals surface area contributed by atoms with Crippen molar-refractivity contribution in [2.75, 3.05) is 19.1 Å². The second-order valence-corrected chi connectivity index (χ2v) is 6.87. The Balaban J connectivity index is 2.17. The van der Waals surface area contributed by atoms with Gasteiger partial charge < -0.3 is 15.2 Å². The number of carbonyl (C=O) groups is 1. The van der Waals surface area contributed by atoms with Gasteiger partial charge in [0.15, 0.2) is 0 Å². The van der Waals surface area contributed by atoms with Crippen molar-refractivity contribution < 1.29 is 23.1 Å². The lowest BCUT2D eigenvalue weighted by Gasteiger charge is -2.12. The fraction of sp³-hybridized carbons (Fsp3) is 0.267. The highest BCUT2D eigenvalue weighted by atomic mass is 32.2. The molecule has 2 aromatic rings. The van der Waals surface area contributed by atoms with Gasteiger partial charge in [-0.25, -0.2) is 18.2 Å². The highest BCUT2D eigenvalue weighted by molar-refractivity contribution is 7.89. The van der Waals surface area contributed by atoms with Crippen LogP contribution in [0.1, 0.15) is 21.6 Å². The average molecular weight is 366 g/mol. The van der Waals surface area contributed by atoms with Gasteiger partial charge in [0, 0.05) is 11.8 Å². The summed E-state index contributed by atoms with van der Waals surface area (Å²) in [5.74, 6) is -0.787. The highest BCUT2D eigenvalue weighted by Gasteiger charge is 2.23. The fourth-order valence-corrected chi connectivity index (χ4v) is 3.34. The second kappa shape index (κ2) is 7.45. The summed E-state index contributed by atoms with van der Waals surface area (Å²) in [5.41, 5.74) is 0.739. The molecule has 0 saturated heterocycles. The number of nitrogens with zero attached hydrogens (tertiary/aromatic N) is 2. The summed E-state index contributed by atoms with van der Waals surface area (Å²) in [6.07, 6.45) is 0. The van der Waals surface area contributed by atoms with Gasteiger partial charge in [-0.2, -0.15) is 9.71 Å². The molecule has 0 radical (unpaired) electrons. The van der Waals surface area contributed by atoms with Gasteiger partial charge in [-0.05, 0) is 25.5 Å². The predicted molar refractivity (Wildman–Crippen MR) is 90.3 cm³/mol. The number of sulfonamides is 1. The topological polar surface area (TPSA) is 131 Å². The lowest BCUT2D eigenvalue weighted by Crippen LogP contribution is -2.31. The van der Waals surface area contributed by atoms with Crippen molar-refractivity contribution in [2.45, 2.75) is 18.7 Å². The van der Waals surface area contributed by atoms with Gasteiger partial charge in [0.1, 0.15) is 0 Å². The van der Waals surface area contributed by atoms with Crippen LogP contribution < -0.4 is 14.8 Å². The second-order valence-electron chi connectivity index (χ2n) is 5.13. The van der Waals surface area contributed by atoms with Gasteiger partial charge >= 0.3 is 5.97 Å². The third-order valence-electron chi connectivity index (χ3n) is 3.29. The molecule has 3 N–H and O–H groups in total. The van der Waals surface area contributed by atoms with Crippen molar-refractivity contribution in [3.8, 4) is 5.88 Å². The monoisotopic (exact) mass is 366 g/mol. The zero-order valence-electron chi connectivity index (χ0n) is 13.9. The van der Waals surface area contributed by atoms with Crippen molar-refractivity contribution in [3.63, 3.8) is 0 Å². The highest BCUT2D eigenvalue weighted by Crippen LogP contribution is 2.19. The molecule has 1 aromatic heterocycles. The summed E-state index contributed by atoms with van der Waals surface area (Å²) in [6, 6.07) is 5.89. The molecule has 2 rings (SSSR count). The van der Waals surface area contributed by atoms with E-state index in [1.807, 2.05) is 0 Å². The Morgan fingerprint density at radius 2 is 2.00 bits per heavy atom. The molecule has 0 spiro atoms. The van der Waals surface area contributed by atoms with Gasteiger partial charge in [-0.3, -0.25) is 0 Å². The number of benzene rings is 1. The maximum Gasteiger partial charge on any atom is 0.337 e. The SMILES string of the molecule is COc1cc(C)nc(NCNS(=O)(=O)c2cccc(C)c2C(=O)O)n1. The molecule has 0 amide bonds. The molecule has 0 aliphatic heterocycles. The Bertz CT molecular complexity index is 899. The predicted octanol–water partition coefficient (Wildman–Crippen LogP) is 1.15. The van der Waals surface area contributed by atoms with E-state index in [1.165, 1.54) is 32.2 Å². The van der Waals surface area contributed by atoms with Crippen molar-refractivity contribution in [1.29, 1.82) is 0 Å². The number of carboxylic acids is 1. The van der Waals surface area contributed by atoms with E-state index in [0.717, 1.165) is 0 Å². The molecule has 25 heavy (non-hydrogen) atoms. The first kappa shape index (κ1) is 18.6. The third-order valence-corrected chi connectivity index (χ3v) is 4.73. The molecule has 0 aliphatic carbocycles. The smallest absolute Gasteiger partial charge is 0.337 e. The quantitative estimate of drug-likeness (QED) is 0.622. The molecule has 0 unspecified atom stereocenters. The molecule has 0 bridgehead atoms. The lowest BCUT2D eigenvalue weighted by molar-refractivity contribution is 0.0691. The fourth-order valence-electron chi connectivity index (χ4n) is 2.15. The molecule has 9 nitrogen and oxygen atoms in total. The number of aromatic nitrogens is 2. The lowest BCUT2D eigenvalue weighted by atomic mass is 10.1. The number of aryl methyl sites for hydroxylation is 2. The maximum atomic E-state index is 12.4. The van der Waals surface area contributed by atoms with Crippen LogP contribution in [0.5, 0.6) is 5.88 Å². The first-order chi connectivity index (χ1) is 11.7. The molecular formula is C15H18N4O5S. The number of rotatable bonds is 7. The largest absolute Gasteiger partial charge is 0.481 e. The average Bonchev–Trinajstić information content (AvgIpc) is 2.53. The Kier molecular flexibility index (Phi) is 5.55. The van der Waals surface area contributed by atoms with Crippen LogP contribution in [0, 0.1) is 13.8 Å². The van der Waals surface area contributed by atoms with Gasteiger partial charge in [0.2, 0.25) is 21.9 Å². The van der Waals surface area contributed by atoms with E-state index in [2.05, 4.69) is 20.0 Å². The van der Waals surface area contributed by atoms with E-state index in [9.17, 15) is 18.3 Å². The van der Waals surface area contributed by atoms with Crippen LogP contribution in [-0.2, 0) is 10.0 Å². The number of hydrogen-bond donors (Lipinski definition) is 3. The molecule has 1 heterocycles. The number of hydrogen-bond acceptors (Lipinski definition) is 7. The van der Waals surface area contributed by atoms with E-state index in [0.29, 0.717) is 17.1 Å². The summed E-state index contributed by atoms with van der Waals surface area (Å²) >= 11 is 0. The number of methoxy groups -OCH3 is 1. The van der Waals surface area contributed by atoms with Crippen LogP contribution in [0.4, 0.5) is 5.95 Å². The van der Waals surface area contributed by atoms with Crippen LogP contribution in [0.3, 0.4) is 0 Å². The van der Waals surface area contributed by atoms with Gasteiger partial charge in [0.05, 0.1) is 24.2 Å². The van der Waals surface area contributed by atoms with Crippen molar-refractivity contribution in [3.05, 3.63) is 41.1 Å². The van der Waals surface area contributed by atoms with Crippen LogP contribution in [0.2, 0.25) is 0 Å². The third kappa shape index (κ3) is 4.43. The Hall–Kier alpha value is -2.72. The zero-order chi connectivity index (χ0) is 18.6. The van der Waals surface area contributed by atoms with E-state index in [4.69, 9.17) is 4.74 Å². The number of nitrogens with one attached hydrogen (secondary N) is 2. The Labute approximate surface area is 145 Å². The summed E-state index contributed by atoms with van der Waals surface area (Å²) in [5, 5.41) is 12.0. The first-order valence-electron chi connectivity index (χ1n) is 7.20. The number of ether oxygens (including phenoxy) is 1. The zero-order valence-corrected chi connectivity index (χ0v) is 14.7. The van der Waals surface area contributed by atoms with E-state index >= 15 is 0 Å². The van der Waals surface area contributed by atoms with E-state index in [1.54, 1.807) is 13.0 Å². The van der Waals surface area contributed by atoms with Crippen molar-refractivity contribution in [2.24, 2.45) is 0 Å². The van der Waals surface area contributed by atoms with Crippen LogP contribution in [0.15, 0.2) is 29.2 Å². The van der Waals surface area contributed by atoms with Crippen molar-refractivity contribution in [1.82, 2.24) is 14.7 Å². The van der Waals surface area contributed by atoms with Crippen LogP contribution >= 0.6 is 0 Å². The number of anilines is 1. The van der Waals surface area contributed by atoms with Gasteiger partial charge in [-0.15, -0.1) is 0 Å². The summed E-state index contributed by atoms with van der Waals surface area (Å²) < 4.78 is 32.1. The molecule has 134 valence electrons. The van der Waals surface area contributed by atoms with Gasteiger partial charge in [0.25, 0.3) is 0 Å². The standard InChI is InChI=1S/C15H18N4O5S/c1-9-5-4-6-11(13(9)14(20)21)25(22,23)17-8-16-15-18-10(2)7-12(19-15)24-3/h4-7,17H,8H2,1-3H3,(H,20,21)(H,16,18,19). The summed E-state index contributed by atoms with van der Waals surface area (Å²) in [7, 11) is -2.58. The van der Waals surface area contributed by atoms with E-state index < -0.39 is 16.0 Å². The molecule has 1 aromatic carbocycles. The number of aromatic carboxylic acids is 1. The molecule has 0 atom stereocenters. The van der Waals surface area contributed by atoms with Crippen LogP contribution in [-0.4, -0.2) is 43.2 Å². The first-order valence-corrected chi connectivity index (χ1v) is 8.69. The molecule has 0 saturated carbocycles. The van der Waals surface area contributed by atoms with E-state index in [-0.39, 0.29) is 23.1 Å². The van der Waals surface area contributed by atoms with Gasteiger partial charge in [-0.1, -0.05) is 12.1 Å². The Morgan fingerprint density at radius 3 is 2.64 bits per heavy atom. The normalized spacial score (nSPS) is 11.2. The molecule has 0 aliphatic rings.